The van der Waals surface area contributed by atoms with Gasteiger partial charge in [0.15, 0.2) is 0 Å². The van der Waals surface area contributed by atoms with Crippen molar-refractivity contribution < 1.29 is 4.74 Å². The third-order valence-electron chi connectivity index (χ3n) is 7.96. The summed E-state index contributed by atoms with van der Waals surface area (Å²) in [6.07, 6.45) is 0.891. The number of ether oxygens (including phenoxy) is 1. The first kappa shape index (κ1) is 27.2. The Hall–Kier alpha value is -4.01. The van der Waals surface area contributed by atoms with Gasteiger partial charge >= 0.3 is 0 Å². The molecule has 0 N–H and O–H groups in total. The smallest absolute Gasteiger partial charge is 0.262 e. The topological polar surface area (TPSA) is 67.9 Å². The van der Waals surface area contributed by atoms with Crippen LogP contribution in [0.25, 0.3) is 16.7 Å². The molecule has 0 aliphatic carbocycles. The van der Waals surface area contributed by atoms with Crippen molar-refractivity contribution >= 4 is 16.7 Å². The number of hydrogen-bond acceptors (Lipinski definition) is 6. The molecule has 0 amide bonds. The standard InChI is InChI=1S/C33H38N6O2/c1-24(2)41-28-15-16-30-29(23-28)32(40)38(33-35-34-25(3)39(30)33)18-10-17-36-19-21-37(22-20-36)31(26-11-6-4-7-12-26)27-13-8-5-9-14-27/h4-9,11-16,23-24,31H,10,17-22H2,1-3H3. The van der Waals surface area contributed by atoms with Crippen molar-refractivity contribution in [1.29, 1.82) is 0 Å². The van der Waals surface area contributed by atoms with Crippen molar-refractivity contribution in [1.82, 2.24) is 29.0 Å². The molecule has 0 bridgehead atoms. The quantitative estimate of drug-likeness (QED) is 0.259. The Labute approximate surface area is 240 Å². The van der Waals surface area contributed by atoms with E-state index in [1.165, 1.54) is 11.1 Å². The summed E-state index contributed by atoms with van der Waals surface area (Å²) in [7, 11) is 0. The van der Waals surface area contributed by atoms with E-state index in [1.54, 1.807) is 4.57 Å². The summed E-state index contributed by atoms with van der Waals surface area (Å²) in [4.78, 5) is 18.8. The number of benzene rings is 3. The first-order chi connectivity index (χ1) is 20.0. The first-order valence-electron chi connectivity index (χ1n) is 14.6. The lowest BCUT2D eigenvalue weighted by molar-refractivity contribution is 0.108. The van der Waals surface area contributed by atoms with Crippen molar-refractivity contribution in [3.8, 4) is 5.75 Å². The SMILES string of the molecule is Cc1nnc2n(CCCN3CCN(C(c4ccccc4)c4ccccc4)CC3)c(=O)c3cc(OC(C)C)ccc3n12. The average Bonchev–Trinajstić information content (AvgIpc) is 3.37. The zero-order chi connectivity index (χ0) is 28.3. The van der Waals surface area contributed by atoms with Crippen LogP contribution >= 0.6 is 0 Å². The Morgan fingerprint density at radius 3 is 2.12 bits per heavy atom. The maximum Gasteiger partial charge on any atom is 0.262 e. The predicted molar refractivity (Wildman–Crippen MR) is 163 cm³/mol. The second-order valence-electron chi connectivity index (χ2n) is 11.1. The minimum absolute atomic E-state index is 0.0335. The number of fused-ring (bicyclic) bond motifs is 3. The molecular weight excluding hydrogens is 512 g/mol. The van der Waals surface area contributed by atoms with Gasteiger partial charge in [-0.2, -0.15) is 0 Å². The van der Waals surface area contributed by atoms with Crippen LogP contribution < -0.4 is 10.3 Å². The largest absolute Gasteiger partial charge is 0.491 e. The van der Waals surface area contributed by atoms with Gasteiger partial charge in [-0.1, -0.05) is 60.7 Å². The summed E-state index contributed by atoms with van der Waals surface area (Å²) < 4.78 is 9.63. The van der Waals surface area contributed by atoms with E-state index in [4.69, 9.17) is 4.74 Å². The number of nitrogens with zero attached hydrogens (tertiary/aromatic N) is 6. The van der Waals surface area contributed by atoms with Gasteiger partial charge in [-0.25, -0.2) is 0 Å². The first-order valence-corrected chi connectivity index (χ1v) is 14.6. The fourth-order valence-electron chi connectivity index (χ4n) is 6.06. The van der Waals surface area contributed by atoms with Crippen LogP contribution in [0.1, 0.15) is 43.3 Å². The lowest BCUT2D eigenvalue weighted by Crippen LogP contribution is -2.48. The highest BCUT2D eigenvalue weighted by Crippen LogP contribution is 2.29. The lowest BCUT2D eigenvalue weighted by atomic mass is 9.96. The maximum absolute atomic E-state index is 13.7. The van der Waals surface area contributed by atoms with Gasteiger partial charge < -0.3 is 9.64 Å². The number of aryl methyl sites for hydroxylation is 2. The molecular formula is C33H38N6O2. The number of rotatable bonds is 9. The fraction of sp³-hybridized carbons (Fsp3) is 0.364. The van der Waals surface area contributed by atoms with Crippen LogP contribution in [0.15, 0.2) is 83.7 Å². The lowest BCUT2D eigenvalue weighted by Gasteiger charge is -2.39. The molecule has 1 saturated heterocycles. The van der Waals surface area contributed by atoms with Crippen LogP contribution in [0.5, 0.6) is 5.75 Å². The van der Waals surface area contributed by atoms with E-state index in [9.17, 15) is 4.79 Å². The van der Waals surface area contributed by atoms with Crippen molar-refractivity contribution in [2.45, 2.75) is 45.9 Å². The zero-order valence-corrected chi connectivity index (χ0v) is 24.1. The predicted octanol–water partition coefficient (Wildman–Crippen LogP) is 4.94. The highest BCUT2D eigenvalue weighted by molar-refractivity contribution is 5.82. The Morgan fingerprint density at radius 2 is 1.49 bits per heavy atom. The van der Waals surface area contributed by atoms with E-state index in [1.807, 2.05) is 43.4 Å². The van der Waals surface area contributed by atoms with E-state index in [0.717, 1.165) is 50.5 Å². The van der Waals surface area contributed by atoms with Gasteiger partial charge in [0.1, 0.15) is 11.6 Å². The summed E-state index contributed by atoms with van der Waals surface area (Å²) in [5.41, 5.74) is 3.42. The van der Waals surface area contributed by atoms with Crippen LogP contribution in [-0.4, -0.2) is 67.8 Å². The van der Waals surface area contributed by atoms with E-state index >= 15 is 0 Å². The molecule has 8 nitrogen and oxygen atoms in total. The molecule has 3 heterocycles. The monoisotopic (exact) mass is 550 g/mol. The van der Waals surface area contributed by atoms with Gasteiger partial charge in [-0.05, 0) is 63.1 Å². The van der Waals surface area contributed by atoms with Gasteiger partial charge in [0.05, 0.1) is 23.0 Å². The molecule has 5 aromatic rings. The van der Waals surface area contributed by atoms with Gasteiger partial charge in [0, 0.05) is 32.7 Å². The molecule has 0 spiro atoms. The van der Waals surface area contributed by atoms with Crippen molar-refractivity contribution in [3.63, 3.8) is 0 Å². The second-order valence-corrected chi connectivity index (χ2v) is 11.1. The van der Waals surface area contributed by atoms with E-state index < -0.39 is 0 Å². The van der Waals surface area contributed by atoms with Gasteiger partial charge in [0.25, 0.3) is 5.56 Å². The molecule has 3 aromatic carbocycles. The molecule has 6 rings (SSSR count). The van der Waals surface area contributed by atoms with Crippen LogP contribution in [0, 0.1) is 6.92 Å². The van der Waals surface area contributed by atoms with Crippen molar-refractivity contribution in [2.24, 2.45) is 0 Å². The third-order valence-corrected chi connectivity index (χ3v) is 7.96. The van der Waals surface area contributed by atoms with Gasteiger partial charge in [0.2, 0.25) is 5.78 Å². The molecule has 1 aliphatic rings. The third kappa shape index (κ3) is 5.62. The molecule has 0 atom stereocenters. The zero-order valence-electron chi connectivity index (χ0n) is 24.1. The fourth-order valence-corrected chi connectivity index (χ4v) is 6.06. The average molecular weight is 551 g/mol. The summed E-state index contributed by atoms with van der Waals surface area (Å²) in [5, 5.41) is 9.30. The Morgan fingerprint density at radius 1 is 0.829 bits per heavy atom. The minimum atomic E-state index is -0.0486. The summed E-state index contributed by atoms with van der Waals surface area (Å²) in [6, 6.07) is 27.5. The van der Waals surface area contributed by atoms with Crippen LogP contribution in [0.3, 0.4) is 0 Å². The molecule has 0 unspecified atom stereocenters. The van der Waals surface area contributed by atoms with E-state index in [0.29, 0.717) is 23.5 Å². The maximum atomic E-state index is 13.7. The number of piperazine rings is 1. The number of aromatic nitrogens is 4. The molecule has 1 aliphatic heterocycles. The molecule has 0 radical (unpaired) electrons. The molecule has 8 heteroatoms. The number of hydrogen-bond donors (Lipinski definition) is 0. The highest BCUT2D eigenvalue weighted by Gasteiger charge is 2.26. The van der Waals surface area contributed by atoms with Crippen molar-refractivity contribution in [3.05, 3.63) is 106 Å². The van der Waals surface area contributed by atoms with Gasteiger partial charge in [-0.3, -0.25) is 18.7 Å². The highest BCUT2D eigenvalue weighted by atomic mass is 16.5. The van der Waals surface area contributed by atoms with Crippen LogP contribution in [-0.2, 0) is 6.54 Å². The molecule has 2 aromatic heterocycles. The van der Waals surface area contributed by atoms with E-state index in [-0.39, 0.29) is 17.7 Å². The van der Waals surface area contributed by atoms with Crippen molar-refractivity contribution in [2.75, 3.05) is 32.7 Å². The van der Waals surface area contributed by atoms with Crippen LogP contribution in [0.2, 0.25) is 0 Å². The molecule has 0 saturated carbocycles. The minimum Gasteiger partial charge on any atom is -0.491 e. The molecule has 41 heavy (non-hydrogen) atoms. The van der Waals surface area contributed by atoms with Crippen LogP contribution in [0.4, 0.5) is 0 Å². The Bertz CT molecular complexity index is 1630. The summed E-state index contributed by atoms with van der Waals surface area (Å²) in [5.74, 6) is 2.05. The summed E-state index contributed by atoms with van der Waals surface area (Å²) >= 11 is 0. The van der Waals surface area contributed by atoms with E-state index in [2.05, 4.69) is 80.7 Å². The summed E-state index contributed by atoms with van der Waals surface area (Å²) in [6.45, 7) is 11.4. The van der Waals surface area contributed by atoms with Gasteiger partial charge in [-0.15, -0.1) is 10.2 Å². The second kappa shape index (κ2) is 11.8. The molecule has 212 valence electrons. The Balaban J connectivity index is 1.16. The normalized spacial score (nSPS) is 15.0. The molecule has 1 fully saturated rings. The Kier molecular flexibility index (Phi) is 7.85.